The van der Waals surface area contributed by atoms with Gasteiger partial charge in [0.25, 0.3) is 0 Å². The van der Waals surface area contributed by atoms with Crippen LogP contribution in [0.1, 0.15) is 58.2 Å². The highest BCUT2D eigenvalue weighted by molar-refractivity contribution is 5.74. The second kappa shape index (κ2) is 5.78. The predicted octanol–water partition coefficient (Wildman–Crippen LogP) is 5.64. The monoisotopic (exact) mass is 306 g/mol. The molecule has 1 nitrogen and oxygen atoms in total. The standard InChI is InChI=1S/C22H26O/c1-8-15-11-9-10-12-17(15)16-13-18(21(2,3)4)20(23)19(14-16)22(5,6)7/h1,9-14,23H,2-7H3. The molecule has 0 spiro atoms. The summed E-state index contributed by atoms with van der Waals surface area (Å²) < 4.78 is 0. The Hall–Kier alpha value is -2.20. The van der Waals surface area contributed by atoms with Crippen molar-refractivity contribution in [1.29, 1.82) is 0 Å². The summed E-state index contributed by atoms with van der Waals surface area (Å²) >= 11 is 0. The number of phenols is 1. The van der Waals surface area contributed by atoms with Gasteiger partial charge in [0, 0.05) is 16.7 Å². The maximum Gasteiger partial charge on any atom is 0.123 e. The number of aromatic hydroxyl groups is 1. The lowest BCUT2D eigenvalue weighted by Crippen LogP contribution is -2.17. The van der Waals surface area contributed by atoms with Crippen molar-refractivity contribution in [3.05, 3.63) is 53.1 Å². The van der Waals surface area contributed by atoms with Crippen LogP contribution >= 0.6 is 0 Å². The average molecular weight is 306 g/mol. The molecule has 0 saturated carbocycles. The first-order valence-electron chi connectivity index (χ1n) is 7.99. The zero-order chi connectivity index (χ0) is 17.4. The molecule has 0 amide bonds. The molecular formula is C22H26O. The predicted molar refractivity (Wildman–Crippen MR) is 98.9 cm³/mol. The van der Waals surface area contributed by atoms with Gasteiger partial charge in [0.2, 0.25) is 0 Å². The lowest BCUT2D eigenvalue weighted by atomic mass is 9.77. The SMILES string of the molecule is C#Cc1ccccc1-c1cc(C(C)(C)C)c(O)c(C(C)(C)C)c1. The highest BCUT2D eigenvalue weighted by Crippen LogP contribution is 2.42. The lowest BCUT2D eigenvalue weighted by Gasteiger charge is -2.28. The number of hydrogen-bond acceptors (Lipinski definition) is 1. The molecule has 23 heavy (non-hydrogen) atoms. The summed E-state index contributed by atoms with van der Waals surface area (Å²) in [7, 11) is 0. The van der Waals surface area contributed by atoms with Crippen LogP contribution in [0.25, 0.3) is 11.1 Å². The van der Waals surface area contributed by atoms with Crippen LogP contribution in [0.15, 0.2) is 36.4 Å². The fourth-order valence-electron chi connectivity index (χ4n) is 2.79. The fraction of sp³-hybridized carbons (Fsp3) is 0.364. The maximum atomic E-state index is 10.8. The molecule has 0 unspecified atom stereocenters. The lowest BCUT2D eigenvalue weighted by molar-refractivity contribution is 0.423. The van der Waals surface area contributed by atoms with E-state index in [0.717, 1.165) is 27.8 Å². The average Bonchev–Trinajstić information content (AvgIpc) is 2.45. The van der Waals surface area contributed by atoms with Gasteiger partial charge in [-0.3, -0.25) is 0 Å². The van der Waals surface area contributed by atoms with Crippen molar-refractivity contribution in [1.82, 2.24) is 0 Å². The highest BCUT2D eigenvalue weighted by atomic mass is 16.3. The third kappa shape index (κ3) is 3.42. The molecule has 0 aliphatic carbocycles. The van der Waals surface area contributed by atoms with E-state index < -0.39 is 0 Å². The second-order valence-electron chi connectivity index (χ2n) is 8.11. The normalized spacial score (nSPS) is 12.0. The van der Waals surface area contributed by atoms with Gasteiger partial charge in [-0.05, 0) is 40.2 Å². The Morgan fingerprint density at radius 2 is 1.35 bits per heavy atom. The van der Waals surface area contributed by atoms with Crippen molar-refractivity contribution >= 4 is 0 Å². The molecule has 120 valence electrons. The highest BCUT2D eigenvalue weighted by Gasteiger charge is 2.27. The van der Waals surface area contributed by atoms with Gasteiger partial charge in [0.1, 0.15) is 5.75 Å². The largest absolute Gasteiger partial charge is 0.507 e. The van der Waals surface area contributed by atoms with Crippen molar-refractivity contribution in [2.45, 2.75) is 52.4 Å². The van der Waals surface area contributed by atoms with Gasteiger partial charge < -0.3 is 5.11 Å². The van der Waals surface area contributed by atoms with Crippen LogP contribution in [0, 0.1) is 12.3 Å². The van der Waals surface area contributed by atoms with Crippen LogP contribution in [-0.4, -0.2) is 5.11 Å². The molecule has 2 aromatic carbocycles. The summed E-state index contributed by atoms with van der Waals surface area (Å²) in [6.45, 7) is 12.7. The minimum atomic E-state index is -0.148. The Kier molecular flexibility index (Phi) is 4.31. The molecule has 0 radical (unpaired) electrons. The van der Waals surface area contributed by atoms with E-state index in [-0.39, 0.29) is 10.8 Å². The van der Waals surface area contributed by atoms with Crippen molar-refractivity contribution < 1.29 is 5.11 Å². The van der Waals surface area contributed by atoms with Gasteiger partial charge in [-0.15, -0.1) is 6.42 Å². The zero-order valence-corrected chi connectivity index (χ0v) is 15.0. The molecule has 0 heterocycles. The molecule has 0 fully saturated rings. The zero-order valence-electron chi connectivity index (χ0n) is 15.0. The molecular weight excluding hydrogens is 280 g/mol. The van der Waals surface area contributed by atoms with E-state index in [0.29, 0.717) is 5.75 Å². The van der Waals surface area contributed by atoms with Gasteiger partial charge in [0.05, 0.1) is 0 Å². The Morgan fingerprint density at radius 3 is 1.78 bits per heavy atom. The quantitative estimate of drug-likeness (QED) is 0.676. The van der Waals surface area contributed by atoms with Crippen LogP contribution in [0.4, 0.5) is 0 Å². The third-order valence-corrected chi connectivity index (χ3v) is 4.12. The summed E-state index contributed by atoms with van der Waals surface area (Å²) in [6, 6.07) is 12.1. The van der Waals surface area contributed by atoms with Crippen LogP contribution in [0.2, 0.25) is 0 Å². The number of rotatable bonds is 1. The van der Waals surface area contributed by atoms with Crippen LogP contribution in [0.3, 0.4) is 0 Å². The summed E-state index contributed by atoms with van der Waals surface area (Å²) in [4.78, 5) is 0. The Balaban J connectivity index is 2.83. The minimum absolute atomic E-state index is 0.148. The molecule has 2 aromatic rings. The molecule has 1 heteroatoms. The van der Waals surface area contributed by atoms with Gasteiger partial charge in [-0.1, -0.05) is 65.7 Å². The number of terminal acetylenes is 1. The molecule has 0 atom stereocenters. The first kappa shape index (κ1) is 17.2. The van der Waals surface area contributed by atoms with Crippen molar-refractivity contribution in [2.24, 2.45) is 0 Å². The second-order valence-corrected chi connectivity index (χ2v) is 8.11. The third-order valence-electron chi connectivity index (χ3n) is 4.12. The van der Waals surface area contributed by atoms with E-state index in [1.54, 1.807) is 0 Å². The van der Waals surface area contributed by atoms with Crippen molar-refractivity contribution in [2.75, 3.05) is 0 Å². The van der Waals surface area contributed by atoms with E-state index in [9.17, 15) is 5.11 Å². The smallest absolute Gasteiger partial charge is 0.123 e. The molecule has 0 aromatic heterocycles. The summed E-state index contributed by atoms with van der Waals surface area (Å²) in [5, 5.41) is 10.8. The van der Waals surface area contributed by atoms with Crippen molar-refractivity contribution in [3.63, 3.8) is 0 Å². The van der Waals surface area contributed by atoms with Crippen LogP contribution < -0.4 is 0 Å². The molecule has 0 aliphatic heterocycles. The summed E-state index contributed by atoms with van der Waals surface area (Å²) in [5.74, 6) is 3.16. The van der Waals surface area contributed by atoms with Crippen LogP contribution in [0.5, 0.6) is 5.75 Å². The van der Waals surface area contributed by atoms with Crippen LogP contribution in [-0.2, 0) is 10.8 Å². The number of hydrogen-bond donors (Lipinski definition) is 1. The topological polar surface area (TPSA) is 20.2 Å². The Labute approximate surface area is 140 Å². The molecule has 0 bridgehead atoms. The van der Waals surface area contributed by atoms with E-state index in [2.05, 4.69) is 59.6 Å². The first-order valence-corrected chi connectivity index (χ1v) is 7.99. The van der Waals surface area contributed by atoms with Gasteiger partial charge in [-0.2, -0.15) is 0 Å². The summed E-state index contributed by atoms with van der Waals surface area (Å²) in [6.07, 6.45) is 5.67. The first-order chi connectivity index (χ1) is 10.6. The molecule has 2 rings (SSSR count). The van der Waals surface area contributed by atoms with Gasteiger partial charge in [-0.25, -0.2) is 0 Å². The van der Waals surface area contributed by atoms with E-state index in [4.69, 9.17) is 6.42 Å². The maximum absolute atomic E-state index is 10.8. The van der Waals surface area contributed by atoms with Crippen molar-refractivity contribution in [3.8, 4) is 29.2 Å². The fourth-order valence-corrected chi connectivity index (χ4v) is 2.79. The molecule has 1 N–H and O–H groups in total. The van der Waals surface area contributed by atoms with Gasteiger partial charge in [0.15, 0.2) is 0 Å². The molecule has 0 aliphatic rings. The molecule has 0 saturated heterocycles. The number of phenolic OH excluding ortho intramolecular Hbond substituents is 1. The Bertz CT molecular complexity index is 727. The number of benzene rings is 2. The Morgan fingerprint density at radius 1 is 0.870 bits per heavy atom. The minimum Gasteiger partial charge on any atom is -0.507 e. The summed E-state index contributed by atoms with van der Waals surface area (Å²) in [5.41, 5.74) is 4.57. The van der Waals surface area contributed by atoms with E-state index in [1.807, 2.05) is 24.3 Å². The van der Waals surface area contributed by atoms with E-state index >= 15 is 0 Å². The van der Waals surface area contributed by atoms with E-state index in [1.165, 1.54) is 0 Å². The van der Waals surface area contributed by atoms with Gasteiger partial charge >= 0.3 is 0 Å².